The van der Waals surface area contributed by atoms with Gasteiger partial charge in [-0.1, -0.05) is 0 Å². The molecule has 4 N–H and O–H groups in total. The van der Waals surface area contributed by atoms with Gasteiger partial charge in [-0.25, -0.2) is 19.7 Å². The molecule has 0 fully saturated rings. The Morgan fingerprint density at radius 1 is 1.18 bits per heavy atom. The minimum Gasteiger partial charge on any atom is -0.477 e. The number of nitrogens with zero attached hydrogens (tertiary/aromatic N) is 3. The zero-order valence-corrected chi connectivity index (χ0v) is 8.66. The number of carboxylic acids is 1. The Balaban J connectivity index is 2.13. The van der Waals surface area contributed by atoms with Crippen molar-refractivity contribution in [2.24, 2.45) is 0 Å². The molecule has 0 atom stereocenters. The van der Waals surface area contributed by atoms with Crippen LogP contribution in [0, 0.1) is 0 Å². The Labute approximate surface area is 96.4 Å². The number of pyridine rings is 1. The predicted molar refractivity (Wildman–Crippen MR) is 60.9 cm³/mol. The highest BCUT2D eigenvalue weighted by molar-refractivity contribution is 5.85. The lowest BCUT2D eigenvalue weighted by atomic mass is 10.3. The molecule has 7 nitrogen and oxygen atoms in total. The number of anilines is 3. The second-order valence-electron chi connectivity index (χ2n) is 3.20. The third-order valence-electron chi connectivity index (χ3n) is 1.91. The molecular weight excluding hydrogens is 222 g/mol. The molecule has 0 aromatic carbocycles. The Kier molecular flexibility index (Phi) is 2.82. The van der Waals surface area contributed by atoms with E-state index in [1.165, 1.54) is 24.7 Å². The molecule has 0 aliphatic heterocycles. The molecule has 0 aliphatic rings. The van der Waals surface area contributed by atoms with Crippen molar-refractivity contribution in [3.8, 4) is 0 Å². The first-order valence-electron chi connectivity index (χ1n) is 4.69. The van der Waals surface area contributed by atoms with Gasteiger partial charge in [0, 0.05) is 0 Å². The molecule has 2 aromatic heterocycles. The van der Waals surface area contributed by atoms with Crippen molar-refractivity contribution in [3.05, 3.63) is 36.4 Å². The van der Waals surface area contributed by atoms with E-state index in [2.05, 4.69) is 20.3 Å². The van der Waals surface area contributed by atoms with Crippen LogP contribution in [-0.2, 0) is 0 Å². The first-order chi connectivity index (χ1) is 8.15. The van der Waals surface area contributed by atoms with Crippen molar-refractivity contribution >= 4 is 23.3 Å². The van der Waals surface area contributed by atoms with Crippen molar-refractivity contribution in [2.75, 3.05) is 11.1 Å². The third-order valence-corrected chi connectivity index (χ3v) is 1.91. The maximum absolute atomic E-state index is 10.6. The SMILES string of the molecule is Nc1cnc(Nc2ccc(C(=O)O)nc2)nc1. The van der Waals surface area contributed by atoms with Crippen LogP contribution < -0.4 is 11.1 Å². The van der Waals surface area contributed by atoms with Gasteiger partial charge < -0.3 is 16.2 Å². The molecule has 7 heteroatoms. The average Bonchev–Trinajstić information content (AvgIpc) is 2.33. The van der Waals surface area contributed by atoms with Gasteiger partial charge in [-0.3, -0.25) is 0 Å². The number of aromatic nitrogens is 3. The number of hydrogen-bond acceptors (Lipinski definition) is 6. The Morgan fingerprint density at radius 3 is 2.41 bits per heavy atom. The number of nitrogen functional groups attached to an aromatic ring is 1. The average molecular weight is 231 g/mol. The summed E-state index contributed by atoms with van der Waals surface area (Å²) in [7, 11) is 0. The molecule has 0 radical (unpaired) electrons. The fourth-order valence-corrected chi connectivity index (χ4v) is 1.13. The zero-order chi connectivity index (χ0) is 12.3. The van der Waals surface area contributed by atoms with Gasteiger partial charge in [0.15, 0.2) is 0 Å². The fourth-order valence-electron chi connectivity index (χ4n) is 1.13. The summed E-state index contributed by atoms with van der Waals surface area (Å²) in [6, 6.07) is 2.97. The van der Waals surface area contributed by atoms with E-state index in [1.54, 1.807) is 6.07 Å². The first-order valence-corrected chi connectivity index (χ1v) is 4.69. The van der Waals surface area contributed by atoms with Crippen LogP contribution in [-0.4, -0.2) is 26.0 Å². The summed E-state index contributed by atoms with van der Waals surface area (Å²) in [6.45, 7) is 0. The van der Waals surface area contributed by atoms with Crippen molar-refractivity contribution in [2.45, 2.75) is 0 Å². The van der Waals surface area contributed by atoms with Crippen molar-refractivity contribution < 1.29 is 9.90 Å². The second-order valence-corrected chi connectivity index (χ2v) is 3.20. The quantitative estimate of drug-likeness (QED) is 0.718. The molecule has 2 heterocycles. The van der Waals surface area contributed by atoms with Crippen molar-refractivity contribution in [1.29, 1.82) is 0 Å². The minimum atomic E-state index is -1.07. The molecule has 86 valence electrons. The van der Waals surface area contributed by atoms with Gasteiger partial charge in [0.25, 0.3) is 0 Å². The zero-order valence-electron chi connectivity index (χ0n) is 8.66. The van der Waals surface area contributed by atoms with Crippen LogP contribution >= 0.6 is 0 Å². The van der Waals surface area contributed by atoms with Gasteiger partial charge in [-0.15, -0.1) is 0 Å². The Hall–Kier alpha value is -2.70. The standard InChI is InChI=1S/C10H9N5O2/c11-6-3-13-10(14-4-6)15-7-1-2-8(9(16)17)12-5-7/h1-5H,11H2,(H,16,17)(H,13,14,15). The van der Waals surface area contributed by atoms with Crippen LogP contribution in [0.3, 0.4) is 0 Å². The molecule has 0 amide bonds. The van der Waals surface area contributed by atoms with E-state index >= 15 is 0 Å². The summed E-state index contributed by atoms with van der Waals surface area (Å²) in [4.78, 5) is 22.2. The number of aromatic carboxylic acids is 1. The van der Waals surface area contributed by atoms with Crippen LogP contribution in [0.5, 0.6) is 0 Å². The third kappa shape index (κ3) is 2.65. The summed E-state index contributed by atoms with van der Waals surface area (Å²) in [6.07, 6.45) is 4.33. The molecule has 0 spiro atoms. The summed E-state index contributed by atoms with van der Waals surface area (Å²) in [5.74, 6) is -0.704. The van der Waals surface area contributed by atoms with Crippen LogP contribution in [0.2, 0.25) is 0 Å². The highest BCUT2D eigenvalue weighted by atomic mass is 16.4. The van der Waals surface area contributed by atoms with E-state index in [9.17, 15) is 4.79 Å². The lowest BCUT2D eigenvalue weighted by Gasteiger charge is -2.03. The number of hydrogen-bond donors (Lipinski definition) is 3. The predicted octanol–water partition coefficient (Wildman–Crippen LogP) is 0.896. The molecular formula is C10H9N5O2. The summed E-state index contributed by atoms with van der Waals surface area (Å²) < 4.78 is 0. The van der Waals surface area contributed by atoms with Crippen LogP contribution in [0.4, 0.5) is 17.3 Å². The minimum absolute atomic E-state index is 0.0197. The molecule has 0 saturated carbocycles. The Bertz CT molecular complexity index is 523. The molecule has 0 unspecified atom stereocenters. The van der Waals surface area contributed by atoms with E-state index in [-0.39, 0.29) is 5.69 Å². The largest absolute Gasteiger partial charge is 0.477 e. The topological polar surface area (TPSA) is 114 Å². The van der Waals surface area contributed by atoms with Gasteiger partial charge in [-0.2, -0.15) is 0 Å². The Morgan fingerprint density at radius 2 is 1.88 bits per heavy atom. The fraction of sp³-hybridized carbons (Fsp3) is 0. The van der Waals surface area contributed by atoms with E-state index in [1.807, 2.05) is 0 Å². The van der Waals surface area contributed by atoms with E-state index < -0.39 is 5.97 Å². The van der Waals surface area contributed by atoms with Gasteiger partial charge in [-0.05, 0) is 12.1 Å². The van der Waals surface area contributed by atoms with Gasteiger partial charge in [0.05, 0.1) is 30.0 Å². The smallest absolute Gasteiger partial charge is 0.354 e. The number of carbonyl (C=O) groups is 1. The van der Waals surface area contributed by atoms with Gasteiger partial charge in [0.2, 0.25) is 5.95 Å². The van der Waals surface area contributed by atoms with Gasteiger partial charge in [0.1, 0.15) is 5.69 Å². The van der Waals surface area contributed by atoms with E-state index in [4.69, 9.17) is 10.8 Å². The molecule has 0 saturated heterocycles. The summed E-state index contributed by atoms with van der Waals surface area (Å²) >= 11 is 0. The maximum Gasteiger partial charge on any atom is 0.354 e. The van der Waals surface area contributed by atoms with E-state index in [0.717, 1.165) is 0 Å². The monoisotopic (exact) mass is 231 g/mol. The number of nitrogens with one attached hydrogen (secondary N) is 1. The molecule has 0 bridgehead atoms. The summed E-state index contributed by atoms with van der Waals surface area (Å²) in [5.41, 5.74) is 6.49. The second kappa shape index (κ2) is 4.44. The number of rotatable bonds is 3. The van der Waals surface area contributed by atoms with Crippen LogP contribution in [0.25, 0.3) is 0 Å². The first kappa shape index (κ1) is 10.8. The van der Waals surface area contributed by atoms with Gasteiger partial charge >= 0.3 is 5.97 Å². The number of nitrogens with two attached hydrogens (primary N) is 1. The summed E-state index contributed by atoms with van der Waals surface area (Å²) in [5, 5.41) is 11.5. The van der Waals surface area contributed by atoms with Crippen molar-refractivity contribution in [3.63, 3.8) is 0 Å². The molecule has 2 aromatic rings. The lowest BCUT2D eigenvalue weighted by molar-refractivity contribution is 0.0690. The lowest BCUT2D eigenvalue weighted by Crippen LogP contribution is -2.02. The maximum atomic E-state index is 10.6. The normalized spacial score (nSPS) is 9.88. The van der Waals surface area contributed by atoms with Crippen LogP contribution in [0.1, 0.15) is 10.5 Å². The van der Waals surface area contributed by atoms with Crippen molar-refractivity contribution in [1.82, 2.24) is 15.0 Å². The molecule has 0 aliphatic carbocycles. The van der Waals surface area contributed by atoms with Crippen LogP contribution in [0.15, 0.2) is 30.7 Å². The van der Waals surface area contributed by atoms with E-state index in [0.29, 0.717) is 17.3 Å². The molecule has 17 heavy (non-hydrogen) atoms. The molecule has 2 rings (SSSR count). The number of carboxylic acid groups (broad SMARTS) is 1. The highest BCUT2D eigenvalue weighted by Gasteiger charge is 2.04. The highest BCUT2D eigenvalue weighted by Crippen LogP contribution is 2.11.